The minimum atomic E-state index is -0.538. The molecule has 0 bridgehead atoms. The number of aliphatic hydroxyl groups excluding tert-OH is 1. The van der Waals surface area contributed by atoms with Crippen molar-refractivity contribution in [2.24, 2.45) is 0 Å². The standard InChI is InChI=1S/C12H20N2O/c1-9-6-5-7-10(14-9)11(15)8-13-12(2,3)4/h5-7,11,13,15H,8H2,1-4H3. The minimum absolute atomic E-state index is 0.0187. The van der Waals surface area contributed by atoms with Gasteiger partial charge >= 0.3 is 0 Å². The quantitative estimate of drug-likeness (QED) is 0.796. The van der Waals surface area contributed by atoms with Crippen molar-refractivity contribution in [3.05, 3.63) is 29.6 Å². The second kappa shape index (κ2) is 4.73. The summed E-state index contributed by atoms with van der Waals surface area (Å²) in [6, 6.07) is 5.69. The largest absolute Gasteiger partial charge is 0.385 e. The molecule has 1 aromatic heterocycles. The van der Waals surface area contributed by atoms with E-state index < -0.39 is 6.10 Å². The molecule has 15 heavy (non-hydrogen) atoms. The summed E-state index contributed by atoms with van der Waals surface area (Å²) in [4.78, 5) is 4.28. The molecule has 0 fully saturated rings. The van der Waals surface area contributed by atoms with E-state index in [1.807, 2.05) is 25.1 Å². The second-order valence-corrected chi connectivity index (χ2v) is 4.85. The summed E-state index contributed by atoms with van der Waals surface area (Å²) in [6.07, 6.45) is -0.538. The van der Waals surface area contributed by atoms with Crippen molar-refractivity contribution in [3.8, 4) is 0 Å². The molecule has 1 aromatic rings. The number of aliphatic hydroxyl groups is 1. The van der Waals surface area contributed by atoms with Crippen molar-refractivity contribution in [2.75, 3.05) is 6.54 Å². The second-order valence-electron chi connectivity index (χ2n) is 4.85. The number of aromatic nitrogens is 1. The van der Waals surface area contributed by atoms with Crippen LogP contribution in [0.25, 0.3) is 0 Å². The molecule has 0 radical (unpaired) electrons. The van der Waals surface area contributed by atoms with Crippen LogP contribution < -0.4 is 5.32 Å². The Labute approximate surface area is 91.5 Å². The molecule has 3 heteroatoms. The fourth-order valence-corrected chi connectivity index (χ4v) is 1.26. The fraction of sp³-hybridized carbons (Fsp3) is 0.583. The van der Waals surface area contributed by atoms with Gasteiger partial charge in [-0.3, -0.25) is 4.98 Å². The van der Waals surface area contributed by atoms with Crippen LogP contribution in [0.2, 0.25) is 0 Å². The Morgan fingerprint density at radius 1 is 1.40 bits per heavy atom. The summed E-state index contributed by atoms with van der Waals surface area (Å²) in [6.45, 7) is 8.67. The molecule has 1 unspecified atom stereocenters. The highest BCUT2D eigenvalue weighted by Gasteiger charge is 2.14. The van der Waals surface area contributed by atoms with E-state index in [4.69, 9.17) is 0 Å². The van der Waals surface area contributed by atoms with E-state index in [0.29, 0.717) is 6.54 Å². The van der Waals surface area contributed by atoms with Crippen LogP contribution in [0.5, 0.6) is 0 Å². The minimum Gasteiger partial charge on any atom is -0.385 e. The molecular weight excluding hydrogens is 188 g/mol. The van der Waals surface area contributed by atoms with Gasteiger partial charge in [0, 0.05) is 17.8 Å². The van der Waals surface area contributed by atoms with Crippen molar-refractivity contribution < 1.29 is 5.11 Å². The number of nitrogens with zero attached hydrogens (tertiary/aromatic N) is 1. The fourth-order valence-electron chi connectivity index (χ4n) is 1.26. The Hall–Kier alpha value is -0.930. The van der Waals surface area contributed by atoms with Crippen LogP contribution in [0, 0.1) is 6.92 Å². The maximum Gasteiger partial charge on any atom is 0.108 e. The van der Waals surface area contributed by atoms with Crippen LogP contribution in [0.3, 0.4) is 0 Å². The summed E-state index contributed by atoms with van der Waals surface area (Å²) in [5.74, 6) is 0. The van der Waals surface area contributed by atoms with Gasteiger partial charge in [-0.05, 0) is 39.8 Å². The molecule has 2 N–H and O–H groups in total. The van der Waals surface area contributed by atoms with Crippen LogP contribution in [-0.4, -0.2) is 22.2 Å². The monoisotopic (exact) mass is 208 g/mol. The summed E-state index contributed by atoms with van der Waals surface area (Å²) < 4.78 is 0. The first kappa shape index (κ1) is 12.1. The molecule has 1 heterocycles. The average Bonchev–Trinajstić information content (AvgIpc) is 2.13. The lowest BCUT2D eigenvalue weighted by molar-refractivity contribution is 0.159. The lowest BCUT2D eigenvalue weighted by Gasteiger charge is -2.22. The van der Waals surface area contributed by atoms with Gasteiger partial charge in [-0.1, -0.05) is 6.07 Å². The Balaban J connectivity index is 2.58. The molecule has 0 saturated carbocycles. The van der Waals surface area contributed by atoms with E-state index in [0.717, 1.165) is 11.4 Å². The first-order chi connectivity index (χ1) is 6.88. The van der Waals surface area contributed by atoms with E-state index in [1.54, 1.807) is 0 Å². The molecular formula is C12H20N2O. The number of rotatable bonds is 3. The van der Waals surface area contributed by atoms with Gasteiger partial charge in [0.05, 0.1) is 5.69 Å². The predicted molar refractivity (Wildman–Crippen MR) is 61.7 cm³/mol. The number of nitrogens with one attached hydrogen (secondary N) is 1. The van der Waals surface area contributed by atoms with Crippen molar-refractivity contribution in [1.29, 1.82) is 0 Å². The Morgan fingerprint density at radius 3 is 2.60 bits per heavy atom. The zero-order valence-electron chi connectivity index (χ0n) is 9.91. The van der Waals surface area contributed by atoms with Gasteiger partial charge in [-0.15, -0.1) is 0 Å². The first-order valence-corrected chi connectivity index (χ1v) is 5.25. The molecule has 0 saturated heterocycles. The van der Waals surface area contributed by atoms with E-state index in [9.17, 15) is 5.11 Å². The zero-order valence-corrected chi connectivity index (χ0v) is 9.91. The Kier molecular flexibility index (Phi) is 3.83. The number of hydrogen-bond donors (Lipinski definition) is 2. The van der Waals surface area contributed by atoms with Gasteiger partial charge in [-0.25, -0.2) is 0 Å². The molecule has 0 aliphatic rings. The van der Waals surface area contributed by atoms with E-state index in [1.165, 1.54) is 0 Å². The van der Waals surface area contributed by atoms with Crippen molar-refractivity contribution >= 4 is 0 Å². The molecule has 3 nitrogen and oxygen atoms in total. The number of pyridine rings is 1. The predicted octanol–water partition coefficient (Wildman–Crippen LogP) is 1.81. The average molecular weight is 208 g/mol. The van der Waals surface area contributed by atoms with Crippen molar-refractivity contribution in [1.82, 2.24) is 10.3 Å². The number of hydrogen-bond acceptors (Lipinski definition) is 3. The lowest BCUT2D eigenvalue weighted by Crippen LogP contribution is -2.38. The van der Waals surface area contributed by atoms with Gasteiger partial charge in [0.25, 0.3) is 0 Å². The summed E-state index contributed by atoms with van der Waals surface area (Å²) in [5, 5.41) is 13.1. The SMILES string of the molecule is Cc1cccc(C(O)CNC(C)(C)C)n1. The highest BCUT2D eigenvalue weighted by molar-refractivity contribution is 5.12. The van der Waals surface area contributed by atoms with Crippen LogP contribution in [0.15, 0.2) is 18.2 Å². The third-order valence-corrected chi connectivity index (χ3v) is 2.08. The summed E-state index contributed by atoms with van der Waals surface area (Å²) in [7, 11) is 0. The van der Waals surface area contributed by atoms with Gasteiger partial charge in [-0.2, -0.15) is 0 Å². The highest BCUT2D eigenvalue weighted by atomic mass is 16.3. The van der Waals surface area contributed by atoms with Crippen molar-refractivity contribution in [2.45, 2.75) is 39.3 Å². The summed E-state index contributed by atoms with van der Waals surface area (Å²) >= 11 is 0. The van der Waals surface area contributed by atoms with Gasteiger partial charge in [0.15, 0.2) is 0 Å². The van der Waals surface area contributed by atoms with Gasteiger partial charge < -0.3 is 10.4 Å². The van der Waals surface area contributed by atoms with Crippen molar-refractivity contribution in [3.63, 3.8) is 0 Å². The molecule has 0 amide bonds. The maximum absolute atomic E-state index is 9.88. The normalized spacial score (nSPS) is 13.9. The molecule has 0 spiro atoms. The zero-order chi connectivity index (χ0) is 11.5. The molecule has 84 valence electrons. The van der Waals surface area contributed by atoms with Crippen LogP contribution >= 0.6 is 0 Å². The number of aryl methyl sites for hydroxylation is 1. The maximum atomic E-state index is 9.88. The molecule has 0 aromatic carbocycles. The Morgan fingerprint density at radius 2 is 2.07 bits per heavy atom. The third-order valence-electron chi connectivity index (χ3n) is 2.08. The van der Waals surface area contributed by atoms with E-state index in [-0.39, 0.29) is 5.54 Å². The smallest absolute Gasteiger partial charge is 0.108 e. The van der Waals surface area contributed by atoms with Crippen LogP contribution in [0.1, 0.15) is 38.3 Å². The summed E-state index contributed by atoms with van der Waals surface area (Å²) in [5.41, 5.74) is 1.68. The molecule has 0 aliphatic heterocycles. The Bertz CT molecular complexity index is 318. The number of β-amino-alcohol motifs (C(OH)–C–C–N with tert-alkyl or cyclic N) is 1. The van der Waals surface area contributed by atoms with Crippen LogP contribution in [-0.2, 0) is 0 Å². The van der Waals surface area contributed by atoms with Gasteiger partial charge in [0.1, 0.15) is 6.10 Å². The third kappa shape index (κ3) is 4.40. The first-order valence-electron chi connectivity index (χ1n) is 5.25. The van der Waals surface area contributed by atoms with Gasteiger partial charge in [0.2, 0.25) is 0 Å². The van der Waals surface area contributed by atoms with E-state index in [2.05, 4.69) is 31.1 Å². The molecule has 1 rings (SSSR count). The molecule has 0 aliphatic carbocycles. The molecule has 1 atom stereocenters. The van der Waals surface area contributed by atoms with Crippen LogP contribution in [0.4, 0.5) is 0 Å². The van der Waals surface area contributed by atoms with E-state index >= 15 is 0 Å². The highest BCUT2D eigenvalue weighted by Crippen LogP contribution is 2.10. The lowest BCUT2D eigenvalue weighted by atomic mass is 10.1. The topological polar surface area (TPSA) is 45.1 Å².